The van der Waals surface area contributed by atoms with Crippen molar-refractivity contribution in [3.05, 3.63) is 53.6 Å². The molecule has 2 amide bonds. The van der Waals surface area contributed by atoms with Gasteiger partial charge in [0.25, 0.3) is 5.91 Å². The van der Waals surface area contributed by atoms with Gasteiger partial charge in [0.05, 0.1) is 14.2 Å². The van der Waals surface area contributed by atoms with Crippen LogP contribution in [0.2, 0.25) is 0 Å². The summed E-state index contributed by atoms with van der Waals surface area (Å²) in [4.78, 5) is 27.5. The Bertz CT molecular complexity index is 893. The van der Waals surface area contributed by atoms with Crippen LogP contribution in [0.5, 0.6) is 17.2 Å². The molecule has 7 nitrogen and oxygen atoms in total. The lowest BCUT2D eigenvalue weighted by Crippen LogP contribution is -2.50. The molecule has 0 saturated carbocycles. The van der Waals surface area contributed by atoms with Crippen molar-refractivity contribution < 1.29 is 23.8 Å². The van der Waals surface area contributed by atoms with Crippen LogP contribution in [0.3, 0.4) is 0 Å². The predicted molar refractivity (Wildman–Crippen MR) is 124 cm³/mol. The number of methoxy groups -OCH3 is 2. The summed E-state index contributed by atoms with van der Waals surface area (Å²) in [5.41, 5.74) is 2.03. The van der Waals surface area contributed by atoms with Crippen LogP contribution in [0.4, 0.5) is 0 Å². The van der Waals surface area contributed by atoms with Crippen molar-refractivity contribution in [2.75, 3.05) is 20.8 Å². The topological polar surface area (TPSA) is 77.1 Å². The number of carbonyl (C=O) groups excluding carboxylic acids is 2. The van der Waals surface area contributed by atoms with Crippen molar-refractivity contribution >= 4 is 11.8 Å². The maximum Gasteiger partial charge on any atom is 0.261 e. The number of amides is 2. The fraction of sp³-hybridized carbons (Fsp3) is 0.440. The number of aryl methyl sites for hydroxylation is 1. The smallest absolute Gasteiger partial charge is 0.261 e. The lowest BCUT2D eigenvalue weighted by atomic mass is 10.1. The zero-order valence-electron chi connectivity index (χ0n) is 19.8. The molecule has 1 N–H and O–H groups in total. The number of ether oxygens (including phenoxy) is 3. The van der Waals surface area contributed by atoms with Gasteiger partial charge in [-0.1, -0.05) is 31.2 Å². The average molecular weight is 443 g/mol. The van der Waals surface area contributed by atoms with Crippen LogP contribution >= 0.6 is 0 Å². The number of hydrogen-bond donors (Lipinski definition) is 1. The Morgan fingerprint density at radius 2 is 1.59 bits per heavy atom. The first kappa shape index (κ1) is 25.0. The largest absolute Gasteiger partial charge is 0.496 e. The predicted octanol–water partition coefficient (Wildman–Crippen LogP) is 3.72. The lowest BCUT2D eigenvalue weighted by molar-refractivity contribution is -0.142. The number of nitrogens with one attached hydrogen (secondary N) is 1. The van der Waals surface area contributed by atoms with E-state index in [1.807, 2.05) is 45.0 Å². The third-order valence-electron chi connectivity index (χ3n) is 5.46. The Hall–Kier alpha value is -3.22. The molecule has 0 unspecified atom stereocenters. The summed E-state index contributed by atoms with van der Waals surface area (Å²) in [6, 6.07) is 12.3. The molecule has 0 bridgehead atoms. The maximum absolute atomic E-state index is 13.2. The first-order chi connectivity index (χ1) is 15.3. The molecule has 2 atom stereocenters. The standard InChI is InChI=1S/C25H34N2O5/c1-7-18(3)26-25(29)19(4)27(15-20-11-9-8-10-17(20)2)24(28)16-32-23-13-21(30-5)12-22(14-23)31-6/h8-14,18-19H,7,15-16H2,1-6H3,(H,26,29)/t18-,19-/m0/s1. The van der Waals surface area contributed by atoms with Crippen molar-refractivity contribution in [3.63, 3.8) is 0 Å². The minimum Gasteiger partial charge on any atom is -0.496 e. The Kier molecular flexibility index (Phi) is 9.38. The fourth-order valence-electron chi connectivity index (χ4n) is 3.11. The van der Waals surface area contributed by atoms with Crippen molar-refractivity contribution in [1.82, 2.24) is 10.2 Å². The van der Waals surface area contributed by atoms with E-state index >= 15 is 0 Å². The average Bonchev–Trinajstić information content (AvgIpc) is 2.81. The van der Waals surface area contributed by atoms with E-state index < -0.39 is 6.04 Å². The molecule has 2 aromatic carbocycles. The molecule has 0 aliphatic heterocycles. The van der Waals surface area contributed by atoms with Gasteiger partial charge in [0.15, 0.2) is 6.61 Å². The first-order valence-electron chi connectivity index (χ1n) is 10.8. The molecule has 0 aliphatic rings. The summed E-state index contributed by atoms with van der Waals surface area (Å²) in [6.07, 6.45) is 0.810. The molecule has 2 rings (SSSR count). The zero-order valence-corrected chi connectivity index (χ0v) is 19.8. The van der Waals surface area contributed by atoms with E-state index in [0.29, 0.717) is 23.8 Å². The third-order valence-corrected chi connectivity index (χ3v) is 5.46. The van der Waals surface area contributed by atoms with Crippen molar-refractivity contribution in [3.8, 4) is 17.2 Å². The molecule has 32 heavy (non-hydrogen) atoms. The van der Waals surface area contributed by atoms with Gasteiger partial charge >= 0.3 is 0 Å². The summed E-state index contributed by atoms with van der Waals surface area (Å²) in [6.45, 7) is 7.76. The molecule has 0 saturated heterocycles. The van der Waals surface area contributed by atoms with Crippen LogP contribution in [0.25, 0.3) is 0 Å². The lowest BCUT2D eigenvalue weighted by Gasteiger charge is -2.30. The van der Waals surface area contributed by atoms with E-state index in [2.05, 4.69) is 5.32 Å². The second-order valence-corrected chi connectivity index (χ2v) is 7.78. The van der Waals surface area contributed by atoms with Gasteiger partial charge in [-0.15, -0.1) is 0 Å². The molecule has 7 heteroatoms. The Balaban J connectivity index is 2.21. The molecular weight excluding hydrogens is 408 g/mol. The number of nitrogens with zero attached hydrogens (tertiary/aromatic N) is 1. The van der Waals surface area contributed by atoms with Crippen molar-refractivity contribution in [2.24, 2.45) is 0 Å². The van der Waals surface area contributed by atoms with Crippen molar-refractivity contribution in [1.29, 1.82) is 0 Å². The molecular formula is C25H34N2O5. The molecule has 174 valence electrons. The van der Waals surface area contributed by atoms with Gasteiger partial charge in [-0.05, 0) is 38.3 Å². The molecule has 0 radical (unpaired) electrons. The summed E-state index contributed by atoms with van der Waals surface area (Å²) in [5.74, 6) is 1.09. The Morgan fingerprint density at radius 3 is 2.16 bits per heavy atom. The van der Waals surface area contributed by atoms with Crippen LogP contribution in [-0.4, -0.2) is 49.6 Å². The van der Waals surface area contributed by atoms with E-state index in [0.717, 1.165) is 17.5 Å². The zero-order chi connectivity index (χ0) is 23.7. The number of carbonyl (C=O) groups is 2. The summed E-state index contributed by atoms with van der Waals surface area (Å²) in [5, 5.41) is 2.96. The Labute approximate surface area is 190 Å². The highest BCUT2D eigenvalue weighted by Crippen LogP contribution is 2.27. The molecule has 0 fully saturated rings. The summed E-state index contributed by atoms with van der Waals surface area (Å²) in [7, 11) is 3.09. The second kappa shape index (κ2) is 12.0. The number of rotatable bonds is 11. The van der Waals surface area contributed by atoms with Gasteiger partial charge in [0.1, 0.15) is 23.3 Å². The van der Waals surface area contributed by atoms with Gasteiger partial charge in [-0.25, -0.2) is 0 Å². The van der Waals surface area contributed by atoms with Crippen molar-refractivity contribution in [2.45, 2.75) is 52.7 Å². The number of benzene rings is 2. The monoisotopic (exact) mass is 442 g/mol. The van der Waals surface area contributed by atoms with E-state index in [1.165, 1.54) is 0 Å². The SMILES string of the molecule is CC[C@H](C)NC(=O)[C@H](C)N(Cc1ccccc1C)C(=O)COc1cc(OC)cc(OC)c1. The van der Waals surface area contributed by atoms with E-state index in [9.17, 15) is 9.59 Å². The summed E-state index contributed by atoms with van der Waals surface area (Å²) < 4.78 is 16.3. The third kappa shape index (κ3) is 6.90. The number of hydrogen-bond acceptors (Lipinski definition) is 5. The normalized spacial score (nSPS) is 12.4. The van der Waals surface area contributed by atoms with Crippen LogP contribution in [0.15, 0.2) is 42.5 Å². The highest BCUT2D eigenvalue weighted by molar-refractivity contribution is 5.88. The van der Waals surface area contributed by atoms with Gasteiger partial charge in [-0.2, -0.15) is 0 Å². The van der Waals surface area contributed by atoms with Crippen LogP contribution in [0.1, 0.15) is 38.3 Å². The fourth-order valence-corrected chi connectivity index (χ4v) is 3.11. The quantitative estimate of drug-likeness (QED) is 0.574. The molecule has 0 aliphatic carbocycles. The van der Waals surface area contributed by atoms with Gasteiger partial charge < -0.3 is 24.4 Å². The van der Waals surface area contributed by atoms with E-state index in [1.54, 1.807) is 44.2 Å². The molecule has 0 spiro atoms. The van der Waals surface area contributed by atoms with Gasteiger partial charge in [-0.3, -0.25) is 9.59 Å². The molecule has 0 heterocycles. The minimum atomic E-state index is -0.653. The van der Waals surface area contributed by atoms with E-state index in [4.69, 9.17) is 14.2 Å². The van der Waals surface area contributed by atoms with Gasteiger partial charge in [0, 0.05) is 30.8 Å². The van der Waals surface area contributed by atoms with Crippen LogP contribution in [0, 0.1) is 6.92 Å². The minimum absolute atomic E-state index is 0.0286. The van der Waals surface area contributed by atoms with E-state index in [-0.39, 0.29) is 24.5 Å². The summed E-state index contributed by atoms with van der Waals surface area (Å²) >= 11 is 0. The highest BCUT2D eigenvalue weighted by atomic mass is 16.5. The second-order valence-electron chi connectivity index (χ2n) is 7.78. The molecule has 2 aromatic rings. The highest BCUT2D eigenvalue weighted by Gasteiger charge is 2.27. The van der Waals surface area contributed by atoms with Crippen LogP contribution < -0.4 is 19.5 Å². The van der Waals surface area contributed by atoms with Crippen LogP contribution in [-0.2, 0) is 16.1 Å². The Morgan fingerprint density at radius 1 is 1.00 bits per heavy atom. The maximum atomic E-state index is 13.2. The van der Waals surface area contributed by atoms with Gasteiger partial charge in [0.2, 0.25) is 5.91 Å². The molecule has 0 aromatic heterocycles. The first-order valence-corrected chi connectivity index (χ1v) is 10.8.